The van der Waals surface area contributed by atoms with Crippen molar-refractivity contribution >= 4 is 33.2 Å². The van der Waals surface area contributed by atoms with Crippen LogP contribution in [0.4, 0.5) is 5.69 Å². The van der Waals surface area contributed by atoms with Gasteiger partial charge >= 0.3 is 0 Å². The van der Waals surface area contributed by atoms with Crippen LogP contribution in [0.3, 0.4) is 0 Å². The highest BCUT2D eigenvalue weighted by atomic mass is 35.5. The number of anilines is 1. The van der Waals surface area contributed by atoms with E-state index < -0.39 is 22.0 Å². The first-order valence-corrected chi connectivity index (χ1v) is 11.5. The number of rotatable bonds is 8. The first-order valence-electron chi connectivity index (χ1n) is 9.25. The van der Waals surface area contributed by atoms with Gasteiger partial charge in [-0.15, -0.1) is 0 Å². The number of hydrogen-bond donors (Lipinski definition) is 1. The Balaban J connectivity index is 2.13. The summed E-state index contributed by atoms with van der Waals surface area (Å²) < 4.78 is 31.8. The van der Waals surface area contributed by atoms with Crippen molar-refractivity contribution < 1.29 is 17.9 Å². The Hall–Kier alpha value is -2.25. The monoisotopic (exact) mass is 438 g/mol. The Labute approximate surface area is 177 Å². The number of para-hydroxylation sites is 1. The van der Waals surface area contributed by atoms with Crippen LogP contribution in [0.5, 0.6) is 5.75 Å². The van der Waals surface area contributed by atoms with E-state index in [0.29, 0.717) is 16.3 Å². The van der Waals surface area contributed by atoms with Crippen LogP contribution in [-0.4, -0.2) is 39.3 Å². The molecule has 0 aliphatic rings. The lowest BCUT2D eigenvalue weighted by Crippen LogP contribution is -2.51. The van der Waals surface area contributed by atoms with Gasteiger partial charge in [0.2, 0.25) is 15.9 Å². The summed E-state index contributed by atoms with van der Waals surface area (Å²) >= 11 is 6.05. The Bertz CT molecular complexity index is 978. The molecule has 2 atom stereocenters. The van der Waals surface area contributed by atoms with Crippen molar-refractivity contribution in [2.24, 2.45) is 0 Å². The fraction of sp³-hybridized carbons (Fsp3) is 0.381. The first-order chi connectivity index (χ1) is 13.5. The van der Waals surface area contributed by atoms with Gasteiger partial charge in [0.05, 0.1) is 18.0 Å². The molecule has 1 N–H and O–H groups in total. The SMILES string of the molecule is Cc1ccccc1OCC(C)NC(=O)C(C)N(c1cc(Cl)ccc1C)S(C)(=O)=O. The third kappa shape index (κ3) is 6.11. The lowest BCUT2D eigenvalue weighted by Gasteiger charge is -2.30. The maximum atomic E-state index is 12.8. The second kappa shape index (κ2) is 9.50. The third-order valence-corrected chi connectivity index (χ3v) is 5.93. The minimum absolute atomic E-state index is 0.262. The van der Waals surface area contributed by atoms with Crippen LogP contribution in [0, 0.1) is 13.8 Å². The van der Waals surface area contributed by atoms with Crippen molar-refractivity contribution in [2.75, 3.05) is 17.2 Å². The van der Waals surface area contributed by atoms with Gasteiger partial charge in [0.1, 0.15) is 18.4 Å². The highest BCUT2D eigenvalue weighted by Gasteiger charge is 2.31. The maximum absolute atomic E-state index is 12.8. The molecular formula is C21H27ClN2O4S. The molecule has 0 heterocycles. The van der Waals surface area contributed by atoms with E-state index in [9.17, 15) is 13.2 Å². The van der Waals surface area contributed by atoms with Crippen LogP contribution in [0.25, 0.3) is 0 Å². The predicted octanol–water partition coefficient (Wildman–Crippen LogP) is 3.70. The molecule has 2 aromatic carbocycles. The summed E-state index contributed by atoms with van der Waals surface area (Å²) in [6.45, 7) is 7.33. The molecule has 1 amide bonds. The van der Waals surface area contributed by atoms with Crippen molar-refractivity contribution in [2.45, 2.75) is 39.8 Å². The summed E-state index contributed by atoms with van der Waals surface area (Å²) in [5.41, 5.74) is 2.08. The molecule has 0 aliphatic heterocycles. The predicted molar refractivity (Wildman–Crippen MR) is 117 cm³/mol. The molecule has 8 heteroatoms. The molecule has 158 valence electrons. The number of carbonyl (C=O) groups is 1. The number of halogens is 1. The molecule has 0 radical (unpaired) electrons. The van der Waals surface area contributed by atoms with Crippen molar-refractivity contribution in [3.8, 4) is 5.75 Å². The topological polar surface area (TPSA) is 75.7 Å². The average Bonchev–Trinajstić information content (AvgIpc) is 2.63. The fourth-order valence-corrected chi connectivity index (χ4v) is 4.33. The van der Waals surface area contributed by atoms with Crippen molar-refractivity contribution in [1.82, 2.24) is 5.32 Å². The van der Waals surface area contributed by atoms with E-state index in [1.807, 2.05) is 31.2 Å². The minimum atomic E-state index is -3.72. The second-order valence-electron chi connectivity index (χ2n) is 7.15. The third-order valence-electron chi connectivity index (χ3n) is 4.47. The van der Waals surface area contributed by atoms with E-state index in [0.717, 1.165) is 21.9 Å². The molecule has 0 spiro atoms. The number of carbonyl (C=O) groups excluding carboxylic acids is 1. The van der Waals surface area contributed by atoms with Gasteiger partial charge in [-0.05, 0) is 57.0 Å². The molecule has 2 unspecified atom stereocenters. The molecule has 6 nitrogen and oxygen atoms in total. The largest absolute Gasteiger partial charge is 0.491 e. The van der Waals surface area contributed by atoms with Gasteiger partial charge in [-0.25, -0.2) is 8.42 Å². The summed E-state index contributed by atoms with van der Waals surface area (Å²) in [5.74, 6) is 0.324. The van der Waals surface area contributed by atoms with Crippen LogP contribution in [0.15, 0.2) is 42.5 Å². The molecule has 0 bridgehead atoms. The normalized spacial score (nSPS) is 13.4. The Kier molecular flexibility index (Phi) is 7.54. The van der Waals surface area contributed by atoms with Gasteiger partial charge in [0, 0.05) is 5.02 Å². The van der Waals surface area contributed by atoms with Gasteiger partial charge < -0.3 is 10.1 Å². The fourth-order valence-electron chi connectivity index (χ4n) is 2.94. The molecule has 29 heavy (non-hydrogen) atoms. The maximum Gasteiger partial charge on any atom is 0.243 e. The van der Waals surface area contributed by atoms with Crippen molar-refractivity contribution in [3.63, 3.8) is 0 Å². The van der Waals surface area contributed by atoms with Crippen LogP contribution in [0.2, 0.25) is 5.02 Å². The number of amides is 1. The summed E-state index contributed by atoms with van der Waals surface area (Å²) in [6.07, 6.45) is 1.07. The van der Waals surface area contributed by atoms with E-state index in [4.69, 9.17) is 16.3 Å². The van der Waals surface area contributed by atoms with E-state index in [1.165, 1.54) is 0 Å². The Morgan fingerprint density at radius 1 is 1.14 bits per heavy atom. The van der Waals surface area contributed by atoms with Gasteiger partial charge in [-0.3, -0.25) is 9.10 Å². The first kappa shape index (κ1) is 23.0. The molecule has 0 saturated heterocycles. The minimum Gasteiger partial charge on any atom is -0.491 e. The summed E-state index contributed by atoms with van der Waals surface area (Å²) in [4.78, 5) is 12.8. The molecular weight excluding hydrogens is 412 g/mol. The highest BCUT2D eigenvalue weighted by molar-refractivity contribution is 7.92. The summed E-state index contributed by atoms with van der Waals surface area (Å²) in [5, 5.41) is 3.22. The smallest absolute Gasteiger partial charge is 0.243 e. The van der Waals surface area contributed by atoms with E-state index in [1.54, 1.807) is 39.0 Å². The highest BCUT2D eigenvalue weighted by Crippen LogP contribution is 2.28. The zero-order valence-corrected chi connectivity index (χ0v) is 18.8. The van der Waals surface area contributed by atoms with E-state index in [2.05, 4.69) is 5.32 Å². The van der Waals surface area contributed by atoms with Gasteiger partial charge in [-0.1, -0.05) is 35.9 Å². The van der Waals surface area contributed by atoms with Gasteiger partial charge in [0.25, 0.3) is 0 Å². The average molecular weight is 439 g/mol. The number of nitrogens with zero attached hydrogens (tertiary/aromatic N) is 1. The van der Waals surface area contributed by atoms with Gasteiger partial charge in [0.15, 0.2) is 0 Å². The van der Waals surface area contributed by atoms with Crippen molar-refractivity contribution in [3.05, 3.63) is 58.6 Å². The zero-order valence-electron chi connectivity index (χ0n) is 17.3. The number of sulfonamides is 1. The molecule has 2 rings (SSSR count). The lowest BCUT2D eigenvalue weighted by atomic mass is 10.1. The summed E-state index contributed by atoms with van der Waals surface area (Å²) in [6, 6.07) is 11.3. The van der Waals surface area contributed by atoms with Crippen LogP contribution < -0.4 is 14.4 Å². The Morgan fingerprint density at radius 2 is 1.79 bits per heavy atom. The summed E-state index contributed by atoms with van der Waals surface area (Å²) in [7, 11) is -3.72. The molecule has 2 aromatic rings. The van der Waals surface area contributed by atoms with Gasteiger partial charge in [-0.2, -0.15) is 0 Å². The number of benzene rings is 2. The number of aryl methyl sites for hydroxylation is 2. The number of ether oxygens (including phenoxy) is 1. The second-order valence-corrected chi connectivity index (χ2v) is 9.45. The zero-order chi connectivity index (χ0) is 21.8. The molecule has 0 aliphatic carbocycles. The standard InChI is InChI=1S/C21H27ClN2O4S/c1-14-10-11-18(22)12-19(14)24(29(5,26)27)17(4)21(25)23-16(3)13-28-20-9-7-6-8-15(20)2/h6-12,16-17H,13H2,1-5H3,(H,23,25). The van der Waals surface area contributed by atoms with Crippen LogP contribution in [0.1, 0.15) is 25.0 Å². The number of nitrogens with one attached hydrogen (secondary N) is 1. The quantitative estimate of drug-likeness (QED) is 0.681. The lowest BCUT2D eigenvalue weighted by molar-refractivity contribution is -0.122. The number of hydrogen-bond acceptors (Lipinski definition) is 4. The Morgan fingerprint density at radius 3 is 2.41 bits per heavy atom. The van der Waals surface area contributed by atoms with Crippen LogP contribution >= 0.6 is 11.6 Å². The van der Waals surface area contributed by atoms with E-state index >= 15 is 0 Å². The van der Waals surface area contributed by atoms with E-state index in [-0.39, 0.29) is 12.6 Å². The van der Waals surface area contributed by atoms with Crippen LogP contribution in [-0.2, 0) is 14.8 Å². The van der Waals surface area contributed by atoms with Crippen molar-refractivity contribution in [1.29, 1.82) is 0 Å². The molecule has 0 saturated carbocycles. The molecule has 0 fully saturated rings. The molecule has 0 aromatic heterocycles.